The first-order valence-corrected chi connectivity index (χ1v) is 13.9. The normalized spacial score (nSPS) is 15.8. The molecule has 0 fully saturated rings. The van der Waals surface area contributed by atoms with Gasteiger partial charge in [-0.3, -0.25) is 14.6 Å². The number of carbonyl (C=O) groups is 1. The van der Waals surface area contributed by atoms with E-state index in [1.165, 1.54) is 51.4 Å². The first-order chi connectivity index (χ1) is 15.6. The summed E-state index contributed by atoms with van der Waals surface area (Å²) in [5.41, 5.74) is 0. The van der Waals surface area contributed by atoms with E-state index in [2.05, 4.69) is 11.8 Å². The minimum atomic E-state index is -4.82. The Morgan fingerprint density at radius 3 is 1.85 bits per heavy atom. The highest BCUT2D eigenvalue weighted by atomic mass is 31.2. The molecular formula is C23H48NO8P. The van der Waals surface area contributed by atoms with Crippen LogP contribution in [0.1, 0.15) is 90.4 Å². The molecule has 33 heavy (non-hydrogen) atoms. The number of carbonyl (C=O) groups excluding carboxylic acids is 1. The number of aliphatic hydroxyl groups is 1. The minimum Gasteiger partial charge on any atom is -0.756 e. The lowest BCUT2D eigenvalue weighted by Gasteiger charge is -2.31. The first-order valence-electron chi connectivity index (χ1n) is 12.4. The van der Waals surface area contributed by atoms with Crippen LogP contribution in [0.3, 0.4) is 0 Å². The fraction of sp³-hybridized carbons (Fsp3) is 0.957. The van der Waals surface area contributed by atoms with E-state index in [0.29, 0.717) is 17.4 Å². The molecular weight excluding hydrogens is 449 g/mol. The van der Waals surface area contributed by atoms with Gasteiger partial charge in [0.05, 0.1) is 27.7 Å². The van der Waals surface area contributed by atoms with Crippen molar-refractivity contribution >= 4 is 13.6 Å². The zero-order chi connectivity index (χ0) is 25.2. The molecule has 0 saturated heterocycles. The third-order valence-corrected chi connectivity index (χ3v) is 6.49. The number of ketones is 1. The summed E-state index contributed by atoms with van der Waals surface area (Å²) in [5, 5.41) is 18.3. The summed E-state index contributed by atoms with van der Waals surface area (Å²) >= 11 is 0. The summed E-state index contributed by atoms with van der Waals surface area (Å²) < 4.78 is 22.4. The molecule has 10 heteroatoms. The van der Waals surface area contributed by atoms with Crippen LogP contribution in [-0.4, -0.2) is 73.7 Å². The summed E-state index contributed by atoms with van der Waals surface area (Å²) in [4.78, 5) is 28.8. The lowest BCUT2D eigenvalue weighted by molar-refractivity contribution is -0.870. The molecule has 2 N–H and O–H groups in total. The topological polar surface area (TPSA) is 125 Å². The Hall–Kier alpha value is -0.380. The number of phosphoric ester groups is 1. The van der Waals surface area contributed by atoms with E-state index < -0.39 is 32.4 Å². The predicted octanol–water partition coefficient (Wildman–Crippen LogP) is 4.07. The molecule has 0 bridgehead atoms. The Balaban J connectivity index is 4.29. The average molecular weight is 498 g/mol. The maximum atomic E-state index is 12.5. The lowest BCUT2D eigenvalue weighted by atomic mass is 10.0. The monoisotopic (exact) mass is 497 g/mol. The summed E-state index contributed by atoms with van der Waals surface area (Å²) in [6.45, 7) is 1.74. The van der Waals surface area contributed by atoms with Gasteiger partial charge >= 0.3 is 0 Å². The van der Waals surface area contributed by atoms with Crippen LogP contribution in [0.2, 0.25) is 0 Å². The molecule has 0 aromatic carbocycles. The molecule has 0 aliphatic rings. The van der Waals surface area contributed by atoms with Crippen molar-refractivity contribution in [2.24, 2.45) is 0 Å². The van der Waals surface area contributed by atoms with Gasteiger partial charge < -0.3 is 23.5 Å². The van der Waals surface area contributed by atoms with Crippen LogP contribution >= 0.6 is 7.82 Å². The predicted molar refractivity (Wildman–Crippen MR) is 127 cm³/mol. The number of Topliss-reactive ketones (excluding diaryl/α,β-unsaturated/α-hetero) is 1. The second-order valence-corrected chi connectivity index (χ2v) is 11.1. The van der Waals surface area contributed by atoms with Crippen molar-refractivity contribution in [3.05, 3.63) is 0 Å². The van der Waals surface area contributed by atoms with Gasteiger partial charge in [0.25, 0.3) is 7.82 Å². The molecule has 0 aliphatic heterocycles. The number of aliphatic hydroxyl groups excluding tert-OH is 1. The molecule has 0 aliphatic carbocycles. The number of phosphoric acid groups is 1. The van der Waals surface area contributed by atoms with E-state index in [-0.39, 0.29) is 13.0 Å². The van der Waals surface area contributed by atoms with Crippen molar-refractivity contribution in [3.8, 4) is 0 Å². The fourth-order valence-corrected chi connectivity index (χ4v) is 4.29. The van der Waals surface area contributed by atoms with Crippen LogP contribution < -0.4 is 4.89 Å². The van der Waals surface area contributed by atoms with Crippen LogP contribution in [0.25, 0.3) is 0 Å². The highest BCUT2D eigenvalue weighted by Gasteiger charge is 2.33. The van der Waals surface area contributed by atoms with E-state index in [1.807, 2.05) is 21.1 Å². The SMILES string of the molecule is CCCCCCCCCCCCCCC(=O)C(OP(=O)([O-])OCC[N+](C)(C)C)[C@H](CO)OO. The van der Waals surface area contributed by atoms with Crippen molar-refractivity contribution in [1.82, 2.24) is 0 Å². The van der Waals surface area contributed by atoms with E-state index in [4.69, 9.17) is 14.3 Å². The van der Waals surface area contributed by atoms with Gasteiger partial charge in [-0.1, -0.05) is 77.6 Å². The molecule has 0 heterocycles. The van der Waals surface area contributed by atoms with Crippen molar-refractivity contribution in [3.63, 3.8) is 0 Å². The molecule has 0 saturated carbocycles. The number of nitrogens with zero attached hydrogens (tertiary/aromatic N) is 1. The van der Waals surface area contributed by atoms with Crippen LogP contribution in [0, 0.1) is 0 Å². The van der Waals surface area contributed by atoms with Gasteiger partial charge in [-0.15, -0.1) is 0 Å². The van der Waals surface area contributed by atoms with Gasteiger partial charge in [0.15, 0.2) is 11.9 Å². The molecule has 0 radical (unpaired) electrons. The van der Waals surface area contributed by atoms with Gasteiger partial charge in [0, 0.05) is 6.42 Å². The van der Waals surface area contributed by atoms with Gasteiger partial charge in [-0.25, -0.2) is 4.89 Å². The molecule has 2 unspecified atom stereocenters. The molecule has 3 atom stereocenters. The van der Waals surface area contributed by atoms with Gasteiger partial charge in [-0.2, -0.15) is 0 Å². The van der Waals surface area contributed by atoms with Crippen molar-refractivity contribution in [2.75, 3.05) is 40.9 Å². The van der Waals surface area contributed by atoms with Crippen LogP contribution in [0.5, 0.6) is 0 Å². The lowest BCUT2D eigenvalue weighted by Crippen LogP contribution is -2.41. The summed E-state index contributed by atoms with van der Waals surface area (Å²) in [6.07, 6.45) is 10.7. The second-order valence-electron chi connectivity index (χ2n) is 9.75. The summed E-state index contributed by atoms with van der Waals surface area (Å²) in [5.74, 6) is -0.554. The molecule has 198 valence electrons. The van der Waals surface area contributed by atoms with Gasteiger partial charge in [-0.05, 0) is 6.42 Å². The van der Waals surface area contributed by atoms with E-state index in [0.717, 1.165) is 19.3 Å². The van der Waals surface area contributed by atoms with Crippen LogP contribution in [0.15, 0.2) is 0 Å². The third-order valence-electron chi connectivity index (χ3n) is 5.50. The quantitative estimate of drug-likeness (QED) is 0.0711. The molecule has 0 aromatic heterocycles. The number of hydrogen-bond acceptors (Lipinski definition) is 8. The molecule has 0 rings (SSSR count). The first kappa shape index (κ1) is 32.6. The Kier molecular flexibility index (Phi) is 18.7. The third kappa shape index (κ3) is 18.6. The standard InChI is InChI=1S/C23H48NO8P/c1-5-6-7-8-9-10-11-12-13-14-15-16-17-21(26)23(22(20-25)31-27)32-33(28,29)30-19-18-24(2,3)4/h22-23,25H,5-20H2,1-4H3,(H-,27,28,29)/t22-,23?/m0/s1. The van der Waals surface area contributed by atoms with E-state index in [1.54, 1.807) is 0 Å². The van der Waals surface area contributed by atoms with Crippen LogP contribution in [-0.2, 0) is 23.3 Å². The summed E-state index contributed by atoms with van der Waals surface area (Å²) in [7, 11) is 0.810. The average Bonchev–Trinajstić information content (AvgIpc) is 2.73. The molecule has 0 amide bonds. The number of hydrogen-bond donors (Lipinski definition) is 2. The maximum absolute atomic E-state index is 12.5. The number of likely N-dealkylation sites (N-methyl/N-ethyl adjacent to an activating group) is 1. The zero-order valence-corrected chi connectivity index (χ0v) is 22.1. The molecule has 9 nitrogen and oxygen atoms in total. The Labute approximate surface area is 200 Å². The van der Waals surface area contributed by atoms with Gasteiger partial charge in [0.2, 0.25) is 0 Å². The molecule has 0 spiro atoms. The fourth-order valence-electron chi connectivity index (χ4n) is 3.40. The largest absolute Gasteiger partial charge is 0.756 e. The van der Waals surface area contributed by atoms with E-state index in [9.17, 15) is 19.4 Å². The van der Waals surface area contributed by atoms with Crippen molar-refractivity contribution in [1.29, 1.82) is 0 Å². The zero-order valence-electron chi connectivity index (χ0n) is 21.2. The number of unbranched alkanes of at least 4 members (excludes halogenated alkanes) is 11. The van der Waals surface area contributed by atoms with E-state index >= 15 is 0 Å². The van der Waals surface area contributed by atoms with Crippen molar-refractivity contribution in [2.45, 2.75) is 103 Å². The Morgan fingerprint density at radius 1 is 0.939 bits per heavy atom. The minimum absolute atomic E-state index is 0.0703. The Bertz CT molecular complexity index is 537. The molecule has 0 aromatic rings. The smallest absolute Gasteiger partial charge is 0.268 e. The number of rotatable bonds is 23. The van der Waals surface area contributed by atoms with Gasteiger partial charge in [0.1, 0.15) is 19.3 Å². The Morgan fingerprint density at radius 2 is 1.42 bits per heavy atom. The van der Waals surface area contributed by atoms with Crippen LogP contribution in [0.4, 0.5) is 0 Å². The van der Waals surface area contributed by atoms with Crippen molar-refractivity contribution < 1.29 is 43.0 Å². The highest BCUT2D eigenvalue weighted by Crippen LogP contribution is 2.41. The maximum Gasteiger partial charge on any atom is 0.268 e. The highest BCUT2D eigenvalue weighted by molar-refractivity contribution is 7.45. The second kappa shape index (κ2) is 18.9. The number of quaternary nitrogens is 1. The summed E-state index contributed by atoms with van der Waals surface area (Å²) in [6, 6.07) is 0.